The topological polar surface area (TPSA) is 35.0 Å². The van der Waals surface area contributed by atoms with Gasteiger partial charge >= 0.3 is 0 Å². The molecule has 1 aromatic carbocycles. The van der Waals surface area contributed by atoms with E-state index in [2.05, 4.69) is 16.9 Å². The maximum atomic E-state index is 6.05. The molecule has 0 aliphatic heterocycles. The Kier molecular flexibility index (Phi) is 3.82. The number of aromatic nitrogens is 2. The van der Waals surface area contributed by atoms with E-state index in [-0.39, 0.29) is 0 Å². The SMILES string of the molecule is CCc1ccccc1Oc1nc(C)c(C)nc1Cl. The fraction of sp³-hybridized carbons (Fsp3) is 0.286. The van der Waals surface area contributed by atoms with Crippen LogP contribution in [0.15, 0.2) is 24.3 Å². The number of nitrogens with zero attached hydrogens (tertiary/aromatic N) is 2. The summed E-state index contributed by atoms with van der Waals surface area (Å²) in [6.07, 6.45) is 0.895. The lowest BCUT2D eigenvalue weighted by Gasteiger charge is -2.11. The van der Waals surface area contributed by atoms with Gasteiger partial charge in [-0.15, -0.1) is 0 Å². The highest BCUT2D eigenvalue weighted by Gasteiger charge is 2.11. The maximum Gasteiger partial charge on any atom is 0.257 e. The molecule has 0 aliphatic rings. The third-order valence-corrected chi connectivity index (χ3v) is 3.04. The van der Waals surface area contributed by atoms with Crippen LogP contribution in [0, 0.1) is 13.8 Å². The van der Waals surface area contributed by atoms with Crippen LogP contribution in [-0.2, 0) is 6.42 Å². The van der Waals surface area contributed by atoms with Crippen molar-refractivity contribution in [2.24, 2.45) is 0 Å². The summed E-state index contributed by atoms with van der Waals surface area (Å²) in [6, 6.07) is 7.85. The van der Waals surface area contributed by atoms with Crippen LogP contribution in [-0.4, -0.2) is 9.97 Å². The van der Waals surface area contributed by atoms with Crippen LogP contribution in [0.25, 0.3) is 0 Å². The van der Waals surface area contributed by atoms with Gasteiger partial charge in [-0.25, -0.2) is 9.97 Å². The molecule has 1 aromatic heterocycles. The van der Waals surface area contributed by atoms with E-state index in [9.17, 15) is 0 Å². The number of benzene rings is 1. The van der Waals surface area contributed by atoms with Gasteiger partial charge in [0.15, 0.2) is 5.15 Å². The van der Waals surface area contributed by atoms with Gasteiger partial charge in [0.2, 0.25) is 0 Å². The molecular weight excluding hydrogens is 248 g/mol. The first-order valence-corrected chi connectivity index (χ1v) is 6.26. The van der Waals surface area contributed by atoms with Crippen LogP contribution in [0.3, 0.4) is 0 Å². The summed E-state index contributed by atoms with van der Waals surface area (Å²) in [4.78, 5) is 8.53. The van der Waals surface area contributed by atoms with Crippen molar-refractivity contribution in [3.8, 4) is 11.6 Å². The molecule has 1 heterocycles. The molecule has 94 valence electrons. The molecular formula is C14H15ClN2O. The highest BCUT2D eigenvalue weighted by atomic mass is 35.5. The summed E-state index contributed by atoms with van der Waals surface area (Å²) in [7, 11) is 0. The number of ether oxygens (including phenoxy) is 1. The predicted octanol–water partition coefficient (Wildman–Crippen LogP) is 4.10. The quantitative estimate of drug-likeness (QED) is 0.835. The molecule has 2 rings (SSSR count). The van der Waals surface area contributed by atoms with E-state index in [1.807, 2.05) is 38.1 Å². The van der Waals surface area contributed by atoms with Crippen molar-refractivity contribution >= 4 is 11.6 Å². The average molecular weight is 263 g/mol. The molecule has 0 spiro atoms. The largest absolute Gasteiger partial charge is 0.436 e. The Balaban J connectivity index is 2.37. The molecule has 0 fully saturated rings. The Morgan fingerprint density at radius 2 is 1.78 bits per heavy atom. The third kappa shape index (κ3) is 2.62. The lowest BCUT2D eigenvalue weighted by atomic mass is 10.1. The number of hydrogen-bond donors (Lipinski definition) is 0. The van der Waals surface area contributed by atoms with E-state index in [4.69, 9.17) is 16.3 Å². The zero-order chi connectivity index (χ0) is 13.1. The van der Waals surface area contributed by atoms with Crippen LogP contribution in [0.2, 0.25) is 5.15 Å². The Morgan fingerprint density at radius 1 is 1.11 bits per heavy atom. The van der Waals surface area contributed by atoms with Gasteiger partial charge in [-0.05, 0) is 31.9 Å². The van der Waals surface area contributed by atoms with E-state index >= 15 is 0 Å². The van der Waals surface area contributed by atoms with Gasteiger partial charge in [0.1, 0.15) is 5.75 Å². The molecule has 18 heavy (non-hydrogen) atoms. The maximum absolute atomic E-state index is 6.05. The zero-order valence-corrected chi connectivity index (χ0v) is 11.5. The fourth-order valence-electron chi connectivity index (χ4n) is 1.62. The second-order valence-electron chi connectivity index (χ2n) is 4.05. The van der Waals surface area contributed by atoms with Crippen LogP contribution >= 0.6 is 11.6 Å². The molecule has 0 unspecified atom stereocenters. The average Bonchev–Trinajstić information content (AvgIpc) is 2.36. The van der Waals surface area contributed by atoms with E-state index in [0.717, 1.165) is 29.1 Å². The van der Waals surface area contributed by atoms with Crippen molar-refractivity contribution in [3.05, 3.63) is 46.4 Å². The molecule has 0 N–H and O–H groups in total. The first-order valence-electron chi connectivity index (χ1n) is 5.88. The smallest absolute Gasteiger partial charge is 0.257 e. The minimum absolute atomic E-state index is 0.295. The highest BCUT2D eigenvalue weighted by molar-refractivity contribution is 6.30. The predicted molar refractivity (Wildman–Crippen MR) is 72.4 cm³/mol. The van der Waals surface area contributed by atoms with E-state index in [1.165, 1.54) is 0 Å². The summed E-state index contributed by atoms with van der Waals surface area (Å²) in [6.45, 7) is 5.84. The van der Waals surface area contributed by atoms with Crippen molar-refractivity contribution in [1.29, 1.82) is 0 Å². The summed E-state index contributed by atoms with van der Waals surface area (Å²) < 4.78 is 5.76. The van der Waals surface area contributed by atoms with Gasteiger partial charge < -0.3 is 4.74 Å². The van der Waals surface area contributed by atoms with Crippen molar-refractivity contribution < 1.29 is 4.74 Å². The van der Waals surface area contributed by atoms with Gasteiger partial charge in [0, 0.05) is 0 Å². The molecule has 4 heteroatoms. The first-order chi connectivity index (χ1) is 8.61. The van der Waals surface area contributed by atoms with Gasteiger partial charge in [-0.3, -0.25) is 0 Å². The molecule has 0 radical (unpaired) electrons. The fourth-order valence-corrected chi connectivity index (χ4v) is 1.83. The number of para-hydroxylation sites is 1. The number of hydrogen-bond acceptors (Lipinski definition) is 3. The Hall–Kier alpha value is -1.61. The summed E-state index contributed by atoms with van der Waals surface area (Å²) in [5, 5.41) is 0.295. The Labute approximate surface area is 112 Å². The standard InChI is InChI=1S/C14H15ClN2O/c1-4-11-7-5-6-8-12(11)18-14-13(15)16-9(2)10(3)17-14/h5-8H,4H2,1-3H3. The van der Waals surface area contributed by atoms with Gasteiger partial charge in [0.25, 0.3) is 5.88 Å². The molecule has 0 saturated carbocycles. The number of aryl methyl sites for hydroxylation is 3. The van der Waals surface area contributed by atoms with Crippen LogP contribution in [0.1, 0.15) is 23.9 Å². The molecule has 2 aromatic rings. The lowest BCUT2D eigenvalue weighted by Crippen LogP contribution is -1.98. The molecule has 0 atom stereocenters. The number of rotatable bonds is 3. The van der Waals surface area contributed by atoms with Crippen molar-refractivity contribution in [1.82, 2.24) is 9.97 Å². The Bertz CT molecular complexity index is 570. The summed E-state index contributed by atoms with van der Waals surface area (Å²) in [5.41, 5.74) is 2.76. The van der Waals surface area contributed by atoms with Gasteiger partial charge in [-0.1, -0.05) is 36.7 Å². The van der Waals surface area contributed by atoms with Crippen LogP contribution < -0.4 is 4.74 Å². The zero-order valence-electron chi connectivity index (χ0n) is 10.7. The van der Waals surface area contributed by atoms with Crippen LogP contribution in [0.4, 0.5) is 0 Å². The van der Waals surface area contributed by atoms with E-state index in [0.29, 0.717) is 11.0 Å². The molecule has 3 nitrogen and oxygen atoms in total. The van der Waals surface area contributed by atoms with Crippen molar-refractivity contribution in [3.63, 3.8) is 0 Å². The van der Waals surface area contributed by atoms with E-state index in [1.54, 1.807) is 0 Å². The molecule has 0 bridgehead atoms. The van der Waals surface area contributed by atoms with E-state index < -0.39 is 0 Å². The number of halogens is 1. The molecule has 0 aliphatic carbocycles. The Morgan fingerprint density at radius 3 is 2.50 bits per heavy atom. The molecule has 0 saturated heterocycles. The van der Waals surface area contributed by atoms with Crippen molar-refractivity contribution in [2.75, 3.05) is 0 Å². The minimum Gasteiger partial charge on any atom is -0.436 e. The van der Waals surface area contributed by atoms with Crippen molar-refractivity contribution in [2.45, 2.75) is 27.2 Å². The summed E-state index contributed by atoms with van der Waals surface area (Å²) in [5.74, 6) is 1.14. The van der Waals surface area contributed by atoms with Gasteiger partial charge in [0.05, 0.1) is 11.4 Å². The second kappa shape index (κ2) is 5.36. The third-order valence-electron chi connectivity index (χ3n) is 2.80. The normalized spacial score (nSPS) is 10.4. The monoisotopic (exact) mass is 262 g/mol. The minimum atomic E-state index is 0.295. The summed E-state index contributed by atoms with van der Waals surface area (Å²) >= 11 is 6.05. The highest BCUT2D eigenvalue weighted by Crippen LogP contribution is 2.29. The van der Waals surface area contributed by atoms with Crippen LogP contribution in [0.5, 0.6) is 11.6 Å². The second-order valence-corrected chi connectivity index (χ2v) is 4.41. The lowest BCUT2D eigenvalue weighted by molar-refractivity contribution is 0.453. The van der Waals surface area contributed by atoms with Gasteiger partial charge in [-0.2, -0.15) is 0 Å². The first kappa shape index (κ1) is 12.8. The molecule has 0 amide bonds.